The molecular formula is C7H10Cl7NO2. The molecule has 10 heteroatoms. The van der Waals surface area contributed by atoms with Crippen molar-refractivity contribution in [2.24, 2.45) is 0 Å². The molecule has 0 N–H and O–H groups in total. The third-order valence-electron chi connectivity index (χ3n) is 0.598. The second kappa shape index (κ2) is 15.2. The quantitative estimate of drug-likeness (QED) is 0.274. The molecule has 0 heterocycles. The minimum Gasteiger partial charge on any atom is -0.260 e. The third kappa shape index (κ3) is 31.7. The summed E-state index contributed by atoms with van der Waals surface area (Å²) in [5.74, 6) is 1.05. The maximum atomic E-state index is 9.43. The summed E-state index contributed by atoms with van der Waals surface area (Å²) in [4.78, 5) is 8.41. The SMILES string of the molecule is CC(Cl)CCl.Cl/C=C/CCl.O=[N+]([O-])C(Cl)(Cl)Cl. The third-order valence-corrected chi connectivity index (χ3v) is 2.14. The second-order valence-electron chi connectivity index (χ2n) is 2.18. The average molecular weight is 388 g/mol. The van der Waals surface area contributed by atoms with E-state index in [4.69, 9.17) is 81.2 Å². The van der Waals surface area contributed by atoms with E-state index in [1.165, 1.54) is 5.54 Å². The van der Waals surface area contributed by atoms with Crippen molar-refractivity contribution >= 4 is 81.2 Å². The van der Waals surface area contributed by atoms with E-state index >= 15 is 0 Å². The van der Waals surface area contributed by atoms with Crippen LogP contribution < -0.4 is 0 Å². The Morgan fingerprint density at radius 2 is 1.65 bits per heavy atom. The summed E-state index contributed by atoms with van der Waals surface area (Å²) in [6.07, 6.45) is 1.66. The number of allylic oxidation sites excluding steroid dienone is 1. The lowest BCUT2D eigenvalue weighted by molar-refractivity contribution is -0.491. The largest absolute Gasteiger partial charge is 0.449 e. The first-order valence-electron chi connectivity index (χ1n) is 3.85. The van der Waals surface area contributed by atoms with Crippen molar-refractivity contribution in [1.82, 2.24) is 0 Å². The molecule has 0 fully saturated rings. The number of hydrogen-bond acceptors (Lipinski definition) is 2. The second-order valence-corrected chi connectivity index (χ2v) is 6.01. The number of nitrogens with zero attached hydrogens (tertiary/aromatic N) is 1. The Morgan fingerprint density at radius 3 is 1.65 bits per heavy atom. The van der Waals surface area contributed by atoms with E-state index in [-0.39, 0.29) is 5.38 Å². The molecule has 104 valence electrons. The van der Waals surface area contributed by atoms with E-state index in [1.54, 1.807) is 6.08 Å². The first-order valence-corrected chi connectivity index (χ1v) is 6.93. The van der Waals surface area contributed by atoms with Gasteiger partial charge in [-0.2, -0.15) is 0 Å². The van der Waals surface area contributed by atoms with Gasteiger partial charge in [-0.1, -0.05) is 17.7 Å². The van der Waals surface area contributed by atoms with Crippen molar-refractivity contribution in [3.8, 4) is 0 Å². The molecule has 0 saturated heterocycles. The van der Waals surface area contributed by atoms with Gasteiger partial charge in [-0.25, -0.2) is 0 Å². The van der Waals surface area contributed by atoms with E-state index in [2.05, 4.69) is 0 Å². The molecule has 1 atom stereocenters. The standard InChI is InChI=1S/C3H6Cl2.C3H4Cl2.CCl3NO2/c1-3(5)2-4;4-2-1-3-5;2-1(3,4)5(6)7/h3H,2H2,1H3;1-2H,3H2;/b;2-1+;. The summed E-state index contributed by atoms with van der Waals surface area (Å²) in [7, 11) is 0. The molecule has 0 aliphatic carbocycles. The molecule has 0 aromatic rings. The molecule has 0 amide bonds. The van der Waals surface area contributed by atoms with Crippen molar-refractivity contribution in [3.05, 3.63) is 21.7 Å². The number of rotatable bonds is 2. The van der Waals surface area contributed by atoms with Crippen LogP contribution in [-0.4, -0.2) is 26.0 Å². The van der Waals surface area contributed by atoms with E-state index in [0.717, 1.165) is 0 Å². The van der Waals surface area contributed by atoms with E-state index in [0.29, 0.717) is 11.8 Å². The highest BCUT2D eigenvalue weighted by Crippen LogP contribution is 2.25. The summed E-state index contributed by atoms with van der Waals surface area (Å²) >= 11 is 34.8. The number of nitro groups is 1. The maximum Gasteiger partial charge on any atom is 0.449 e. The van der Waals surface area contributed by atoms with Gasteiger partial charge in [0.15, 0.2) is 0 Å². The summed E-state index contributed by atoms with van der Waals surface area (Å²) in [6, 6.07) is 0. The zero-order valence-electron chi connectivity index (χ0n) is 8.56. The van der Waals surface area contributed by atoms with Gasteiger partial charge in [0.1, 0.15) is 0 Å². The van der Waals surface area contributed by atoms with Gasteiger partial charge in [-0.3, -0.25) is 10.1 Å². The fraction of sp³-hybridized carbons (Fsp3) is 0.714. The molecule has 0 radical (unpaired) electrons. The highest BCUT2D eigenvalue weighted by Gasteiger charge is 2.33. The van der Waals surface area contributed by atoms with Gasteiger partial charge in [0.2, 0.25) is 0 Å². The molecular weight excluding hydrogens is 378 g/mol. The van der Waals surface area contributed by atoms with Crippen molar-refractivity contribution in [2.75, 3.05) is 11.8 Å². The summed E-state index contributed by atoms with van der Waals surface area (Å²) in [5, 5.41) is 9.55. The molecule has 0 aliphatic heterocycles. The van der Waals surface area contributed by atoms with E-state index in [1.807, 2.05) is 6.92 Å². The van der Waals surface area contributed by atoms with Crippen LogP contribution in [0.15, 0.2) is 11.6 Å². The lowest BCUT2D eigenvalue weighted by Gasteiger charge is -1.96. The van der Waals surface area contributed by atoms with Gasteiger partial charge >= 0.3 is 3.92 Å². The van der Waals surface area contributed by atoms with Crippen LogP contribution in [0.4, 0.5) is 0 Å². The minimum absolute atomic E-state index is 0.122. The summed E-state index contributed by atoms with van der Waals surface area (Å²) < 4.78 is -2.36. The molecule has 0 rings (SSSR count). The van der Waals surface area contributed by atoms with Crippen molar-refractivity contribution in [1.29, 1.82) is 0 Å². The van der Waals surface area contributed by atoms with Crippen LogP contribution in [0.2, 0.25) is 0 Å². The molecule has 0 aliphatic rings. The lowest BCUT2D eigenvalue weighted by Crippen LogP contribution is -2.15. The van der Waals surface area contributed by atoms with Gasteiger partial charge in [-0.15, -0.1) is 34.8 Å². The van der Waals surface area contributed by atoms with Crippen LogP contribution in [0, 0.1) is 10.1 Å². The van der Waals surface area contributed by atoms with Crippen LogP contribution in [0.3, 0.4) is 0 Å². The Morgan fingerprint density at radius 1 is 1.35 bits per heavy atom. The van der Waals surface area contributed by atoms with Crippen molar-refractivity contribution in [3.63, 3.8) is 0 Å². The predicted octanol–water partition coefficient (Wildman–Crippen LogP) is 5.42. The van der Waals surface area contributed by atoms with Crippen LogP contribution >= 0.6 is 81.2 Å². The first-order chi connectivity index (χ1) is 7.63. The van der Waals surface area contributed by atoms with Crippen molar-refractivity contribution in [2.45, 2.75) is 16.2 Å². The number of hydrogen-bond donors (Lipinski definition) is 0. The Labute approximate surface area is 135 Å². The van der Waals surface area contributed by atoms with Crippen LogP contribution in [0.25, 0.3) is 0 Å². The van der Waals surface area contributed by atoms with Crippen LogP contribution in [0.5, 0.6) is 0 Å². The average Bonchev–Trinajstić information content (AvgIpc) is 2.19. The van der Waals surface area contributed by atoms with Gasteiger partial charge in [0, 0.05) is 22.7 Å². The Hall–Kier alpha value is 1.17. The van der Waals surface area contributed by atoms with Crippen LogP contribution in [-0.2, 0) is 0 Å². The van der Waals surface area contributed by atoms with E-state index < -0.39 is 8.84 Å². The fourth-order valence-corrected chi connectivity index (χ4v) is 0.303. The Bertz CT molecular complexity index is 205. The fourth-order valence-electron chi connectivity index (χ4n) is 0.0337. The van der Waals surface area contributed by atoms with E-state index in [9.17, 15) is 10.1 Å². The molecule has 3 nitrogen and oxygen atoms in total. The molecule has 17 heavy (non-hydrogen) atoms. The van der Waals surface area contributed by atoms with Crippen molar-refractivity contribution < 1.29 is 4.92 Å². The summed E-state index contributed by atoms with van der Waals surface area (Å²) in [5.41, 5.74) is 1.40. The normalized spacial score (nSPS) is 12.0. The van der Waals surface area contributed by atoms with Gasteiger partial charge in [-0.05, 0) is 41.7 Å². The highest BCUT2D eigenvalue weighted by atomic mass is 35.6. The predicted molar refractivity (Wildman–Crippen MR) is 79.0 cm³/mol. The monoisotopic (exact) mass is 385 g/mol. The molecule has 0 saturated carbocycles. The molecule has 0 aromatic heterocycles. The highest BCUT2D eigenvalue weighted by molar-refractivity contribution is 6.65. The number of alkyl halides is 6. The van der Waals surface area contributed by atoms with Gasteiger partial charge < -0.3 is 0 Å². The van der Waals surface area contributed by atoms with Gasteiger partial charge in [0.25, 0.3) is 0 Å². The zero-order valence-corrected chi connectivity index (χ0v) is 13.8. The molecule has 0 bridgehead atoms. The number of halogens is 7. The smallest absolute Gasteiger partial charge is 0.260 e. The van der Waals surface area contributed by atoms with Crippen LogP contribution in [0.1, 0.15) is 6.92 Å². The zero-order chi connectivity index (χ0) is 14.5. The van der Waals surface area contributed by atoms with Gasteiger partial charge in [0.05, 0.1) is 4.92 Å². The Balaban J connectivity index is -0.000000177. The maximum absolute atomic E-state index is 9.43. The Kier molecular flexibility index (Phi) is 20.9. The molecule has 0 spiro atoms. The molecule has 0 aromatic carbocycles. The molecule has 1 unspecified atom stereocenters. The summed E-state index contributed by atoms with van der Waals surface area (Å²) in [6.45, 7) is 1.86. The first kappa shape index (κ1) is 23.3. The topological polar surface area (TPSA) is 43.1 Å². The lowest BCUT2D eigenvalue weighted by atomic mass is 10.6. The minimum atomic E-state index is -2.36.